The summed E-state index contributed by atoms with van der Waals surface area (Å²) in [4.78, 5) is 21.5. The zero-order valence-corrected chi connectivity index (χ0v) is 13.6. The first kappa shape index (κ1) is 16.4. The van der Waals surface area contributed by atoms with Gasteiger partial charge in [0, 0.05) is 13.3 Å². The van der Waals surface area contributed by atoms with E-state index in [2.05, 4.69) is 28.3 Å². The molecule has 0 radical (unpaired) electrons. The molecule has 2 aliphatic rings. The van der Waals surface area contributed by atoms with Gasteiger partial charge in [-0.2, -0.15) is 4.89 Å². The zero-order chi connectivity index (χ0) is 14.4. The second kappa shape index (κ2) is 7.89. The normalized spacial score (nSPS) is 31.4. The number of hydrogen-bond acceptors (Lipinski definition) is 7. The average molecular weight is 322 g/mol. The Labute approximate surface area is 128 Å². The Morgan fingerprint density at radius 1 is 1.30 bits per heavy atom. The van der Waals surface area contributed by atoms with E-state index < -0.39 is 18.0 Å². The van der Waals surface area contributed by atoms with Crippen LogP contribution in [0, 0.1) is 0 Å². The average Bonchev–Trinajstić information content (AvgIpc) is 2.87. The van der Waals surface area contributed by atoms with Gasteiger partial charge in [0.05, 0.1) is 11.7 Å². The van der Waals surface area contributed by atoms with Gasteiger partial charge in [-0.05, 0) is 30.8 Å². The van der Waals surface area contributed by atoms with Crippen LogP contribution in [0.5, 0.6) is 0 Å². The summed E-state index contributed by atoms with van der Waals surface area (Å²) in [6, 6.07) is 0. The lowest BCUT2D eigenvalue weighted by atomic mass is 10.2. The fourth-order valence-corrected chi connectivity index (χ4v) is 5.09. The fourth-order valence-electron chi connectivity index (χ4n) is 2.14. The molecule has 2 unspecified atom stereocenters. The number of thioether (sulfide) groups is 2. The molecule has 2 aliphatic heterocycles. The summed E-state index contributed by atoms with van der Waals surface area (Å²) in [5, 5.41) is 0. The van der Waals surface area contributed by atoms with Crippen LogP contribution in [0.2, 0.25) is 0 Å². The molecule has 0 bridgehead atoms. The van der Waals surface area contributed by atoms with Gasteiger partial charge in [0.25, 0.3) is 5.79 Å². The molecule has 0 aromatic rings. The van der Waals surface area contributed by atoms with Crippen molar-refractivity contribution in [2.75, 3.05) is 18.6 Å². The molecule has 5 nitrogen and oxygen atoms in total. The summed E-state index contributed by atoms with van der Waals surface area (Å²) < 4.78 is 10.8. The van der Waals surface area contributed by atoms with Gasteiger partial charge >= 0.3 is 5.97 Å². The summed E-state index contributed by atoms with van der Waals surface area (Å²) in [5.41, 5.74) is 0. The molecule has 0 spiro atoms. The highest BCUT2D eigenvalue weighted by atomic mass is 32.2. The second-order valence-electron chi connectivity index (χ2n) is 4.97. The molecule has 2 rings (SSSR count). The Morgan fingerprint density at radius 2 is 2.00 bits per heavy atom. The van der Waals surface area contributed by atoms with Crippen molar-refractivity contribution in [1.82, 2.24) is 0 Å². The number of carbonyl (C=O) groups is 1. The first-order valence-electron chi connectivity index (χ1n) is 6.98. The first-order chi connectivity index (χ1) is 9.64. The minimum atomic E-state index is -1.42. The lowest BCUT2D eigenvalue weighted by Gasteiger charge is -2.20. The molecule has 7 heteroatoms. The maximum absolute atomic E-state index is 11.5. The highest BCUT2D eigenvalue weighted by molar-refractivity contribution is 8.17. The van der Waals surface area contributed by atoms with Gasteiger partial charge in [-0.1, -0.05) is 6.42 Å². The third-order valence-corrected chi connectivity index (χ3v) is 6.33. The number of hydrogen-bond donors (Lipinski definition) is 0. The Bertz CT molecular complexity index is 322. The largest absolute Gasteiger partial charge is 0.465 e. The summed E-state index contributed by atoms with van der Waals surface area (Å²) in [5.74, 6) is 0.583. The van der Waals surface area contributed by atoms with Gasteiger partial charge < -0.3 is 9.47 Å². The van der Waals surface area contributed by atoms with Crippen LogP contribution in [-0.4, -0.2) is 41.2 Å². The Morgan fingerprint density at radius 3 is 2.70 bits per heavy atom. The van der Waals surface area contributed by atoms with Gasteiger partial charge in [0.2, 0.25) is 0 Å². The van der Waals surface area contributed by atoms with Crippen LogP contribution < -0.4 is 0 Å². The Balaban J connectivity index is 1.60. The third kappa shape index (κ3) is 4.53. The van der Waals surface area contributed by atoms with E-state index >= 15 is 0 Å². The molecule has 2 heterocycles. The molecule has 2 atom stereocenters. The minimum Gasteiger partial charge on any atom is -0.465 e. The minimum absolute atomic E-state index is 0.481. The smallest absolute Gasteiger partial charge is 0.369 e. The standard InChI is InChI=1S/C13H22O5S2/c1-13(12(14)15-2)16-10(17-18-13)6-3-4-7-11-19-8-5-9-20-11/h10-11H,3-9H2,1-2H3. The number of unbranched alkanes of at least 4 members (excludes halogenated alkanes) is 1. The quantitative estimate of drug-likeness (QED) is 0.423. The molecular formula is C13H22O5S2. The van der Waals surface area contributed by atoms with E-state index in [1.807, 2.05) is 0 Å². The fraction of sp³-hybridized carbons (Fsp3) is 0.923. The van der Waals surface area contributed by atoms with Crippen molar-refractivity contribution in [2.24, 2.45) is 0 Å². The summed E-state index contributed by atoms with van der Waals surface area (Å²) in [6.45, 7) is 1.51. The summed E-state index contributed by atoms with van der Waals surface area (Å²) in [6.07, 6.45) is 4.95. The lowest BCUT2D eigenvalue weighted by molar-refractivity contribution is -0.321. The van der Waals surface area contributed by atoms with Crippen LogP contribution in [0.1, 0.15) is 39.0 Å². The van der Waals surface area contributed by atoms with Gasteiger partial charge in [0.1, 0.15) is 0 Å². The molecule has 0 aliphatic carbocycles. The van der Waals surface area contributed by atoms with Crippen LogP contribution in [0.3, 0.4) is 0 Å². The third-order valence-electron chi connectivity index (χ3n) is 3.25. The van der Waals surface area contributed by atoms with Crippen LogP contribution >= 0.6 is 23.5 Å². The van der Waals surface area contributed by atoms with Crippen molar-refractivity contribution in [1.29, 1.82) is 0 Å². The molecule has 0 aromatic carbocycles. The van der Waals surface area contributed by atoms with E-state index in [9.17, 15) is 4.79 Å². The second-order valence-corrected chi connectivity index (χ2v) is 7.89. The number of ether oxygens (including phenoxy) is 2. The van der Waals surface area contributed by atoms with Crippen molar-refractivity contribution >= 4 is 29.5 Å². The van der Waals surface area contributed by atoms with Gasteiger partial charge in [-0.25, -0.2) is 9.68 Å². The Hall–Kier alpha value is 0.0500. The molecule has 20 heavy (non-hydrogen) atoms. The predicted molar refractivity (Wildman–Crippen MR) is 79.3 cm³/mol. The maximum atomic E-state index is 11.5. The topological polar surface area (TPSA) is 54.0 Å². The number of rotatable bonds is 6. The van der Waals surface area contributed by atoms with E-state index in [1.54, 1.807) is 0 Å². The monoisotopic (exact) mass is 322 g/mol. The molecule has 2 fully saturated rings. The molecular weight excluding hydrogens is 300 g/mol. The molecule has 0 amide bonds. The number of esters is 1. The van der Waals surface area contributed by atoms with E-state index in [0.717, 1.165) is 23.8 Å². The van der Waals surface area contributed by atoms with Crippen molar-refractivity contribution in [3.05, 3.63) is 0 Å². The van der Waals surface area contributed by atoms with Crippen molar-refractivity contribution in [2.45, 2.75) is 55.7 Å². The van der Waals surface area contributed by atoms with Crippen LogP contribution in [0.25, 0.3) is 0 Å². The van der Waals surface area contributed by atoms with Crippen molar-refractivity contribution < 1.29 is 24.0 Å². The van der Waals surface area contributed by atoms with E-state index in [4.69, 9.17) is 14.5 Å². The maximum Gasteiger partial charge on any atom is 0.369 e. The lowest BCUT2D eigenvalue weighted by Crippen LogP contribution is -2.38. The first-order valence-corrected chi connectivity index (χ1v) is 9.08. The van der Waals surface area contributed by atoms with Gasteiger partial charge in [-0.15, -0.1) is 23.5 Å². The number of carbonyl (C=O) groups excluding carboxylic acids is 1. The van der Waals surface area contributed by atoms with Crippen LogP contribution in [0.4, 0.5) is 0 Å². The molecule has 2 saturated heterocycles. The SMILES string of the molecule is COC(=O)C1(C)OOC(CCCCC2SCCCS2)O1. The number of methoxy groups -OCH3 is 1. The molecule has 0 N–H and O–H groups in total. The zero-order valence-electron chi connectivity index (χ0n) is 12.0. The summed E-state index contributed by atoms with van der Waals surface area (Å²) >= 11 is 4.13. The molecule has 0 aromatic heterocycles. The molecule has 0 saturated carbocycles. The van der Waals surface area contributed by atoms with E-state index in [0.29, 0.717) is 0 Å². The van der Waals surface area contributed by atoms with Crippen LogP contribution in [0.15, 0.2) is 0 Å². The predicted octanol–water partition coefficient (Wildman–Crippen LogP) is 2.94. The van der Waals surface area contributed by atoms with Crippen molar-refractivity contribution in [3.63, 3.8) is 0 Å². The molecule has 116 valence electrons. The highest BCUT2D eigenvalue weighted by Gasteiger charge is 2.47. The van der Waals surface area contributed by atoms with E-state index in [1.165, 1.54) is 38.4 Å². The summed E-state index contributed by atoms with van der Waals surface area (Å²) in [7, 11) is 1.30. The highest BCUT2D eigenvalue weighted by Crippen LogP contribution is 2.34. The Kier molecular flexibility index (Phi) is 6.48. The van der Waals surface area contributed by atoms with Crippen LogP contribution in [-0.2, 0) is 24.0 Å². The van der Waals surface area contributed by atoms with Gasteiger partial charge in [-0.3, -0.25) is 0 Å². The van der Waals surface area contributed by atoms with E-state index in [-0.39, 0.29) is 0 Å². The van der Waals surface area contributed by atoms with Crippen molar-refractivity contribution in [3.8, 4) is 0 Å². The van der Waals surface area contributed by atoms with Gasteiger partial charge in [0.15, 0.2) is 6.29 Å².